The number of pyridine rings is 1. The molecule has 3 aromatic carbocycles. The van der Waals surface area contributed by atoms with Crippen LogP contribution in [0.1, 0.15) is 53.9 Å². The van der Waals surface area contributed by atoms with Crippen LogP contribution in [0.25, 0.3) is 11.1 Å². The van der Waals surface area contributed by atoms with Crippen molar-refractivity contribution in [2.75, 3.05) is 7.11 Å². The summed E-state index contributed by atoms with van der Waals surface area (Å²) in [7, 11) is 1.62. The molecule has 0 amide bonds. The van der Waals surface area contributed by atoms with Gasteiger partial charge in [-0.05, 0) is 84.2 Å². The van der Waals surface area contributed by atoms with E-state index in [1.54, 1.807) is 19.2 Å². The molecule has 1 saturated carbocycles. The largest absolute Gasteiger partial charge is 0.493 e. The Bertz CT molecular complexity index is 1480. The molecule has 0 bridgehead atoms. The Labute approximate surface area is 236 Å². The fourth-order valence-corrected chi connectivity index (χ4v) is 5.34. The van der Waals surface area contributed by atoms with E-state index in [9.17, 15) is 23.1 Å². The van der Waals surface area contributed by atoms with E-state index >= 15 is 0 Å². The number of benzene rings is 3. The number of hydrogen-bond acceptors (Lipinski definition) is 4. The van der Waals surface area contributed by atoms with Crippen molar-refractivity contribution >= 4 is 6.09 Å². The maximum Gasteiger partial charge on any atom is 0.416 e. The minimum Gasteiger partial charge on any atom is -0.493 e. The molecule has 4 aromatic rings. The topological polar surface area (TPSA) is 62.5 Å². The molecule has 1 atom stereocenters. The molecule has 1 aliphatic carbocycles. The molecule has 212 valence electrons. The minimum absolute atomic E-state index is 0.138. The van der Waals surface area contributed by atoms with Crippen LogP contribution in [0.15, 0.2) is 91.3 Å². The first-order chi connectivity index (χ1) is 19.7. The van der Waals surface area contributed by atoms with Gasteiger partial charge >= 0.3 is 12.3 Å². The molecule has 5 nitrogen and oxygen atoms in total. The van der Waals surface area contributed by atoms with E-state index in [1.165, 1.54) is 24.5 Å². The molecule has 1 unspecified atom stereocenters. The number of aromatic nitrogens is 1. The Kier molecular flexibility index (Phi) is 8.28. The lowest BCUT2D eigenvalue weighted by Gasteiger charge is -2.21. The molecule has 0 radical (unpaired) electrons. The van der Waals surface area contributed by atoms with Gasteiger partial charge in [0, 0.05) is 18.1 Å². The van der Waals surface area contributed by atoms with Crippen LogP contribution in [-0.2, 0) is 12.6 Å². The zero-order valence-corrected chi connectivity index (χ0v) is 22.6. The fraction of sp³-hybridized carbons (Fsp3) is 0.273. The first kappa shape index (κ1) is 28.2. The lowest BCUT2D eigenvalue weighted by Crippen LogP contribution is -2.51. The number of carbonyl (C=O) groups is 1. The molecule has 1 aliphatic rings. The molecule has 1 aromatic heterocycles. The molecule has 0 aliphatic heterocycles. The predicted molar refractivity (Wildman–Crippen MR) is 146 cm³/mol. The van der Waals surface area contributed by atoms with E-state index in [1.807, 2.05) is 42.5 Å². The number of methoxy groups -OCH3 is 1. The van der Waals surface area contributed by atoms with Crippen molar-refractivity contribution in [2.45, 2.75) is 50.3 Å². The maximum absolute atomic E-state index is 13.0. The summed E-state index contributed by atoms with van der Waals surface area (Å²) in [5.74, 6) is 1.24. The van der Waals surface area contributed by atoms with Crippen molar-refractivity contribution in [1.82, 2.24) is 0 Å². The van der Waals surface area contributed by atoms with Gasteiger partial charge in [0.1, 0.15) is 0 Å². The summed E-state index contributed by atoms with van der Waals surface area (Å²) in [5, 5.41) is 11.3. The summed E-state index contributed by atoms with van der Waals surface area (Å²) in [4.78, 5) is 11.3. The Morgan fingerprint density at radius 3 is 2.02 bits per heavy atom. The van der Waals surface area contributed by atoms with Crippen LogP contribution in [0.4, 0.5) is 18.0 Å². The highest BCUT2D eigenvalue weighted by Gasteiger charge is 2.30. The van der Waals surface area contributed by atoms with Gasteiger partial charge in [-0.2, -0.15) is 17.7 Å². The number of hydrogen-bond donors (Lipinski definition) is 0. The first-order valence-corrected chi connectivity index (χ1v) is 13.5. The van der Waals surface area contributed by atoms with Crippen LogP contribution < -0.4 is 19.1 Å². The van der Waals surface area contributed by atoms with Crippen LogP contribution >= 0.6 is 0 Å². The third-order valence-corrected chi connectivity index (χ3v) is 7.59. The van der Waals surface area contributed by atoms with Crippen LogP contribution in [0, 0.1) is 0 Å². The lowest BCUT2D eigenvalue weighted by atomic mass is 9.85. The van der Waals surface area contributed by atoms with Gasteiger partial charge in [-0.15, -0.1) is 0 Å². The summed E-state index contributed by atoms with van der Waals surface area (Å²) >= 11 is 0. The molecular formula is C33H30F3NO4. The SMILES string of the molecule is COc1ccc(CC(c2ccc(-c3ccc(C(F)(F)F)cc3)cc2)c2cc[n+](C(=O)[O-])cc2)cc1OC1CCCC1. The quantitative estimate of drug-likeness (QED) is 0.229. The Hall–Kier alpha value is -4.33. The smallest absolute Gasteiger partial charge is 0.416 e. The van der Waals surface area contributed by atoms with Gasteiger partial charge in [-0.3, -0.25) is 0 Å². The van der Waals surface area contributed by atoms with Crippen molar-refractivity contribution in [3.63, 3.8) is 0 Å². The van der Waals surface area contributed by atoms with Gasteiger partial charge in [0.25, 0.3) is 0 Å². The van der Waals surface area contributed by atoms with Crippen molar-refractivity contribution < 1.29 is 37.1 Å². The Balaban J connectivity index is 1.45. The summed E-state index contributed by atoms with van der Waals surface area (Å²) in [5.41, 5.74) is 3.68. The monoisotopic (exact) mass is 561 g/mol. The zero-order chi connectivity index (χ0) is 29.0. The van der Waals surface area contributed by atoms with Crippen LogP contribution in [0.5, 0.6) is 11.5 Å². The summed E-state index contributed by atoms with van der Waals surface area (Å²) in [6.45, 7) is 0. The van der Waals surface area contributed by atoms with E-state index in [2.05, 4.69) is 0 Å². The number of nitrogens with zero attached hydrogens (tertiary/aromatic N) is 1. The molecular weight excluding hydrogens is 531 g/mol. The highest BCUT2D eigenvalue weighted by atomic mass is 19.4. The second kappa shape index (κ2) is 12.0. The maximum atomic E-state index is 13.0. The number of halogens is 3. The molecule has 1 fully saturated rings. The molecule has 41 heavy (non-hydrogen) atoms. The predicted octanol–water partition coefficient (Wildman–Crippen LogP) is 6.56. The zero-order valence-electron chi connectivity index (χ0n) is 22.6. The van der Waals surface area contributed by atoms with E-state index in [4.69, 9.17) is 9.47 Å². The molecule has 0 N–H and O–H groups in total. The Morgan fingerprint density at radius 2 is 1.46 bits per heavy atom. The average Bonchev–Trinajstić information content (AvgIpc) is 3.49. The van der Waals surface area contributed by atoms with Crippen LogP contribution in [0.2, 0.25) is 0 Å². The normalized spacial score (nSPS) is 14.5. The van der Waals surface area contributed by atoms with E-state index in [0.717, 1.165) is 64.6 Å². The molecule has 8 heteroatoms. The van der Waals surface area contributed by atoms with Crippen LogP contribution in [0.3, 0.4) is 0 Å². The number of rotatable bonds is 8. The molecule has 0 saturated heterocycles. The second-order valence-corrected chi connectivity index (χ2v) is 10.3. The van der Waals surface area contributed by atoms with Crippen molar-refractivity contribution in [2.24, 2.45) is 0 Å². The van der Waals surface area contributed by atoms with E-state index in [-0.39, 0.29) is 12.0 Å². The number of carboxylic acid groups (broad SMARTS) is 1. The van der Waals surface area contributed by atoms with Crippen LogP contribution in [-0.4, -0.2) is 19.3 Å². The second-order valence-electron chi connectivity index (χ2n) is 10.3. The Morgan fingerprint density at radius 1 is 0.878 bits per heavy atom. The third kappa shape index (κ3) is 6.70. The van der Waals surface area contributed by atoms with Gasteiger partial charge in [-0.25, -0.2) is 0 Å². The minimum atomic E-state index is -4.39. The van der Waals surface area contributed by atoms with Gasteiger partial charge in [0.05, 0.1) is 18.8 Å². The summed E-state index contributed by atoms with van der Waals surface area (Å²) in [6.07, 6.45) is 2.30. The van der Waals surface area contributed by atoms with E-state index < -0.39 is 17.8 Å². The fourth-order valence-electron chi connectivity index (χ4n) is 5.34. The third-order valence-electron chi connectivity index (χ3n) is 7.59. The summed E-state index contributed by atoms with van der Waals surface area (Å²) < 4.78 is 51.8. The average molecular weight is 562 g/mol. The first-order valence-electron chi connectivity index (χ1n) is 13.5. The lowest BCUT2D eigenvalue weighted by molar-refractivity contribution is -0.631. The van der Waals surface area contributed by atoms with Crippen molar-refractivity contribution in [3.8, 4) is 22.6 Å². The van der Waals surface area contributed by atoms with Gasteiger partial charge in [-0.1, -0.05) is 42.5 Å². The van der Waals surface area contributed by atoms with Gasteiger partial charge in [0.15, 0.2) is 23.9 Å². The summed E-state index contributed by atoms with van der Waals surface area (Å²) in [6, 6.07) is 22.2. The molecule has 1 heterocycles. The highest BCUT2D eigenvalue weighted by Crippen LogP contribution is 2.36. The van der Waals surface area contributed by atoms with Crippen molar-refractivity contribution in [3.05, 3.63) is 114 Å². The molecule has 5 rings (SSSR count). The van der Waals surface area contributed by atoms with Gasteiger partial charge < -0.3 is 19.4 Å². The number of alkyl halides is 3. The van der Waals surface area contributed by atoms with Gasteiger partial charge in [0.2, 0.25) is 0 Å². The highest BCUT2D eigenvalue weighted by molar-refractivity contribution is 5.64. The standard InChI is InChI=1S/C33H30F3NO4/c1-40-30-15-6-22(21-31(30)41-28-4-2-3-5-28)20-29(26-16-18-37(19-17-26)32(38)39)25-9-7-23(8-10-25)24-11-13-27(14-12-24)33(34,35)36/h6-19,21,28-29H,2-5,20H2,1H3. The van der Waals surface area contributed by atoms with E-state index in [0.29, 0.717) is 23.5 Å². The number of ether oxygens (including phenoxy) is 2. The molecule has 0 spiro atoms. The number of carbonyl (C=O) groups excluding carboxylic acids is 1. The van der Waals surface area contributed by atoms with Crippen molar-refractivity contribution in [1.29, 1.82) is 0 Å².